The Morgan fingerprint density at radius 1 is 1.11 bits per heavy atom. The van der Waals surface area contributed by atoms with Gasteiger partial charge in [0.1, 0.15) is 0 Å². The lowest BCUT2D eigenvalue weighted by molar-refractivity contribution is -0.0585. The number of sulfonamides is 1. The molecule has 2 aromatic rings. The molecule has 1 aliphatic rings. The third kappa shape index (κ3) is 4.69. The van der Waals surface area contributed by atoms with Crippen LogP contribution in [0.1, 0.15) is 24.2 Å². The molecule has 0 bridgehead atoms. The second-order valence-electron chi connectivity index (χ2n) is 6.58. The summed E-state index contributed by atoms with van der Waals surface area (Å²) in [5, 5.41) is 0. The Kier molecular flexibility index (Phi) is 5.88. The van der Waals surface area contributed by atoms with Crippen LogP contribution >= 0.6 is 15.9 Å². The number of carbonyl (C=O) groups is 1. The molecule has 2 aromatic carbocycles. The third-order valence-electron chi connectivity index (χ3n) is 4.21. The maximum Gasteiger partial charge on any atom is 0.261 e. The number of anilines is 1. The van der Waals surface area contributed by atoms with Gasteiger partial charge in [-0.3, -0.25) is 9.52 Å². The van der Waals surface area contributed by atoms with E-state index in [1.807, 2.05) is 13.8 Å². The van der Waals surface area contributed by atoms with Crippen molar-refractivity contribution in [2.24, 2.45) is 0 Å². The molecule has 0 radical (unpaired) electrons. The van der Waals surface area contributed by atoms with E-state index in [9.17, 15) is 13.2 Å². The predicted octanol–water partition coefficient (Wildman–Crippen LogP) is 3.50. The van der Waals surface area contributed by atoms with Crippen molar-refractivity contribution in [2.45, 2.75) is 31.0 Å². The summed E-state index contributed by atoms with van der Waals surface area (Å²) in [6.07, 6.45) is -0.133. The van der Waals surface area contributed by atoms with Crippen LogP contribution in [0.2, 0.25) is 0 Å². The molecule has 1 fully saturated rings. The van der Waals surface area contributed by atoms with E-state index in [0.29, 0.717) is 23.1 Å². The van der Waals surface area contributed by atoms with E-state index in [4.69, 9.17) is 4.74 Å². The molecule has 144 valence electrons. The van der Waals surface area contributed by atoms with Crippen molar-refractivity contribution < 1.29 is 17.9 Å². The standard InChI is InChI=1S/C19H21BrN2O4S/c1-13-11-22(12-14(2)26-13)19(23)17-8-3-4-9-18(17)21-27(24,25)16-7-5-6-15(20)10-16/h3-10,13-14,21H,11-12H2,1-2H3. The van der Waals surface area contributed by atoms with Crippen molar-refractivity contribution >= 4 is 37.5 Å². The monoisotopic (exact) mass is 452 g/mol. The number of nitrogens with one attached hydrogen (secondary N) is 1. The van der Waals surface area contributed by atoms with E-state index in [0.717, 1.165) is 0 Å². The summed E-state index contributed by atoms with van der Waals surface area (Å²) >= 11 is 3.28. The zero-order valence-electron chi connectivity index (χ0n) is 15.1. The maximum absolute atomic E-state index is 13.0. The normalized spacial score (nSPS) is 20.3. The van der Waals surface area contributed by atoms with Gasteiger partial charge in [0, 0.05) is 17.6 Å². The molecular weight excluding hydrogens is 432 g/mol. The van der Waals surface area contributed by atoms with E-state index < -0.39 is 10.0 Å². The lowest BCUT2D eigenvalue weighted by atomic mass is 10.1. The minimum atomic E-state index is -3.82. The molecule has 1 saturated heterocycles. The van der Waals surface area contributed by atoms with Crippen LogP contribution in [0.25, 0.3) is 0 Å². The Hall–Kier alpha value is -1.90. The summed E-state index contributed by atoms with van der Waals surface area (Å²) in [6.45, 7) is 4.77. The van der Waals surface area contributed by atoms with E-state index in [1.165, 1.54) is 12.1 Å². The molecule has 1 N–H and O–H groups in total. The average Bonchev–Trinajstić information content (AvgIpc) is 2.60. The van der Waals surface area contributed by atoms with Crippen LogP contribution < -0.4 is 4.72 Å². The quantitative estimate of drug-likeness (QED) is 0.769. The number of amides is 1. The molecule has 1 heterocycles. The summed E-state index contributed by atoms with van der Waals surface area (Å²) in [6, 6.07) is 13.0. The molecular formula is C19H21BrN2O4S. The van der Waals surface area contributed by atoms with Crippen LogP contribution in [0.3, 0.4) is 0 Å². The minimum absolute atomic E-state index is 0.0665. The van der Waals surface area contributed by atoms with E-state index in [-0.39, 0.29) is 28.7 Å². The number of benzene rings is 2. The fourth-order valence-electron chi connectivity index (χ4n) is 3.11. The third-order valence-corrected chi connectivity index (χ3v) is 6.07. The lowest BCUT2D eigenvalue weighted by Gasteiger charge is -2.35. The maximum atomic E-state index is 13.0. The average molecular weight is 453 g/mol. The fourth-order valence-corrected chi connectivity index (χ4v) is 4.79. The van der Waals surface area contributed by atoms with Crippen molar-refractivity contribution in [1.82, 2.24) is 4.90 Å². The van der Waals surface area contributed by atoms with Gasteiger partial charge in [-0.2, -0.15) is 0 Å². The number of ether oxygens (including phenoxy) is 1. The molecule has 1 aliphatic heterocycles. The first kappa shape index (κ1) is 19.9. The van der Waals surface area contributed by atoms with Gasteiger partial charge in [-0.25, -0.2) is 8.42 Å². The minimum Gasteiger partial charge on any atom is -0.372 e. The SMILES string of the molecule is CC1CN(C(=O)c2ccccc2NS(=O)(=O)c2cccc(Br)c2)CC(C)O1. The van der Waals surface area contributed by atoms with Crippen molar-refractivity contribution in [3.05, 3.63) is 58.6 Å². The van der Waals surface area contributed by atoms with Gasteiger partial charge < -0.3 is 9.64 Å². The number of para-hydroxylation sites is 1. The van der Waals surface area contributed by atoms with Gasteiger partial charge in [-0.05, 0) is 44.2 Å². The summed E-state index contributed by atoms with van der Waals surface area (Å²) in [7, 11) is -3.82. The summed E-state index contributed by atoms with van der Waals surface area (Å²) < 4.78 is 34.3. The van der Waals surface area contributed by atoms with Crippen LogP contribution in [-0.2, 0) is 14.8 Å². The Balaban J connectivity index is 1.89. The summed E-state index contributed by atoms with van der Waals surface area (Å²) in [4.78, 5) is 14.8. The molecule has 0 spiro atoms. The van der Waals surface area contributed by atoms with Crippen LogP contribution in [0.15, 0.2) is 57.9 Å². The van der Waals surface area contributed by atoms with Gasteiger partial charge in [-0.1, -0.05) is 34.1 Å². The number of nitrogens with zero attached hydrogens (tertiary/aromatic N) is 1. The number of hydrogen-bond acceptors (Lipinski definition) is 4. The van der Waals surface area contributed by atoms with E-state index >= 15 is 0 Å². The Labute approximate surface area is 167 Å². The van der Waals surface area contributed by atoms with E-state index in [2.05, 4.69) is 20.7 Å². The highest BCUT2D eigenvalue weighted by molar-refractivity contribution is 9.10. The van der Waals surface area contributed by atoms with Crippen molar-refractivity contribution in [3.63, 3.8) is 0 Å². The van der Waals surface area contributed by atoms with Crippen LogP contribution in [0, 0.1) is 0 Å². The Bertz CT molecular complexity index is 938. The number of rotatable bonds is 4. The van der Waals surface area contributed by atoms with Crippen molar-refractivity contribution in [2.75, 3.05) is 17.8 Å². The van der Waals surface area contributed by atoms with Gasteiger partial charge in [0.05, 0.1) is 28.4 Å². The first-order valence-electron chi connectivity index (χ1n) is 8.58. The summed E-state index contributed by atoms with van der Waals surface area (Å²) in [5.41, 5.74) is 0.576. The second-order valence-corrected chi connectivity index (χ2v) is 9.17. The largest absolute Gasteiger partial charge is 0.372 e. The predicted molar refractivity (Wildman–Crippen MR) is 107 cm³/mol. The highest BCUT2D eigenvalue weighted by Crippen LogP contribution is 2.24. The fraction of sp³-hybridized carbons (Fsp3) is 0.316. The zero-order chi connectivity index (χ0) is 19.6. The molecule has 2 unspecified atom stereocenters. The molecule has 0 aliphatic carbocycles. The first-order valence-corrected chi connectivity index (χ1v) is 10.9. The van der Waals surface area contributed by atoms with Gasteiger partial charge in [0.15, 0.2) is 0 Å². The number of halogens is 1. The zero-order valence-corrected chi connectivity index (χ0v) is 17.5. The lowest BCUT2D eigenvalue weighted by Crippen LogP contribution is -2.48. The highest BCUT2D eigenvalue weighted by atomic mass is 79.9. The smallest absolute Gasteiger partial charge is 0.261 e. The van der Waals surface area contributed by atoms with Crippen molar-refractivity contribution in [3.8, 4) is 0 Å². The molecule has 1 amide bonds. The molecule has 6 nitrogen and oxygen atoms in total. The molecule has 3 rings (SSSR count). The topological polar surface area (TPSA) is 75.7 Å². The van der Waals surface area contributed by atoms with Gasteiger partial charge in [0.2, 0.25) is 0 Å². The molecule has 27 heavy (non-hydrogen) atoms. The van der Waals surface area contributed by atoms with Gasteiger partial charge >= 0.3 is 0 Å². The second kappa shape index (κ2) is 8.00. The van der Waals surface area contributed by atoms with E-state index in [1.54, 1.807) is 41.3 Å². The van der Waals surface area contributed by atoms with Gasteiger partial charge in [-0.15, -0.1) is 0 Å². The van der Waals surface area contributed by atoms with Crippen LogP contribution in [0.5, 0.6) is 0 Å². The number of hydrogen-bond donors (Lipinski definition) is 1. The van der Waals surface area contributed by atoms with Crippen LogP contribution in [-0.4, -0.2) is 44.5 Å². The summed E-state index contributed by atoms with van der Waals surface area (Å²) in [5.74, 6) is -0.218. The molecule has 8 heteroatoms. The van der Waals surface area contributed by atoms with Crippen molar-refractivity contribution in [1.29, 1.82) is 0 Å². The Morgan fingerprint density at radius 3 is 2.44 bits per heavy atom. The first-order chi connectivity index (χ1) is 12.8. The Morgan fingerprint density at radius 2 is 1.78 bits per heavy atom. The molecule has 0 aromatic heterocycles. The number of carbonyl (C=O) groups excluding carboxylic acids is 1. The number of morpholine rings is 1. The molecule has 0 saturated carbocycles. The van der Waals surface area contributed by atoms with Crippen LogP contribution in [0.4, 0.5) is 5.69 Å². The highest BCUT2D eigenvalue weighted by Gasteiger charge is 2.28. The molecule has 2 atom stereocenters. The van der Waals surface area contributed by atoms with Gasteiger partial charge in [0.25, 0.3) is 15.9 Å².